The van der Waals surface area contributed by atoms with E-state index in [0.717, 1.165) is 50.2 Å². The Labute approximate surface area is 154 Å². The number of halogens is 1. The first-order valence-corrected chi connectivity index (χ1v) is 9.49. The van der Waals surface area contributed by atoms with Crippen molar-refractivity contribution in [1.82, 2.24) is 4.90 Å². The molecule has 138 valence electrons. The molecule has 3 nitrogen and oxygen atoms in total. The zero-order valence-electron chi connectivity index (χ0n) is 15.3. The molecule has 0 bridgehead atoms. The molecule has 1 saturated heterocycles. The lowest BCUT2D eigenvalue weighted by Gasteiger charge is -2.39. The quantitative estimate of drug-likeness (QED) is 0.794. The number of hydrogen-bond acceptors (Lipinski definition) is 3. The van der Waals surface area contributed by atoms with Gasteiger partial charge in [0.2, 0.25) is 0 Å². The monoisotopic (exact) mass is 355 g/mol. The average molecular weight is 355 g/mol. The van der Waals surface area contributed by atoms with Crippen molar-refractivity contribution < 1.29 is 13.9 Å². The summed E-state index contributed by atoms with van der Waals surface area (Å²) in [5.74, 6) is -0.164. The number of ether oxygens (including phenoxy) is 2. The van der Waals surface area contributed by atoms with E-state index in [-0.39, 0.29) is 11.4 Å². The number of likely N-dealkylation sites (tertiary alicyclic amines) is 1. The summed E-state index contributed by atoms with van der Waals surface area (Å²) in [7, 11) is 0. The van der Waals surface area contributed by atoms with Crippen LogP contribution in [-0.4, -0.2) is 24.6 Å². The zero-order chi connectivity index (χ0) is 18.0. The van der Waals surface area contributed by atoms with Gasteiger partial charge in [-0.05, 0) is 54.2 Å². The van der Waals surface area contributed by atoms with Crippen molar-refractivity contribution in [3.05, 3.63) is 70.5 Å². The van der Waals surface area contributed by atoms with E-state index >= 15 is 0 Å². The molecular weight excluding hydrogens is 329 g/mol. The van der Waals surface area contributed by atoms with Crippen LogP contribution in [0.2, 0.25) is 0 Å². The average Bonchev–Trinajstić information content (AvgIpc) is 3.01. The lowest BCUT2D eigenvalue weighted by Crippen LogP contribution is -2.42. The molecule has 4 rings (SSSR count). The van der Waals surface area contributed by atoms with Gasteiger partial charge in [0.25, 0.3) is 0 Å². The maximum atomic E-state index is 13.7. The molecule has 0 N–H and O–H groups in total. The molecule has 2 aromatic carbocycles. The second-order valence-electron chi connectivity index (χ2n) is 7.31. The summed E-state index contributed by atoms with van der Waals surface area (Å²) in [6, 6.07) is 13.8. The number of hydrogen-bond donors (Lipinski definition) is 0. The Bertz CT molecular complexity index is 751. The van der Waals surface area contributed by atoms with Crippen LogP contribution in [0.15, 0.2) is 42.5 Å². The Morgan fingerprint density at radius 2 is 1.81 bits per heavy atom. The van der Waals surface area contributed by atoms with Crippen LogP contribution in [-0.2, 0) is 34.8 Å². The largest absolute Gasteiger partial charge is 0.377 e. The highest BCUT2D eigenvalue weighted by molar-refractivity contribution is 5.36. The zero-order valence-corrected chi connectivity index (χ0v) is 15.3. The summed E-state index contributed by atoms with van der Waals surface area (Å²) in [6.07, 6.45) is 1.84. The van der Waals surface area contributed by atoms with E-state index in [2.05, 4.69) is 29.2 Å². The molecule has 1 spiro atoms. The lowest BCUT2D eigenvalue weighted by molar-refractivity contribution is -0.0800. The third-order valence-electron chi connectivity index (χ3n) is 5.63. The minimum Gasteiger partial charge on any atom is -0.377 e. The topological polar surface area (TPSA) is 21.7 Å². The van der Waals surface area contributed by atoms with Gasteiger partial charge in [-0.2, -0.15) is 0 Å². The molecule has 26 heavy (non-hydrogen) atoms. The van der Waals surface area contributed by atoms with Crippen LogP contribution in [0.4, 0.5) is 4.39 Å². The molecular formula is C22H26FNO2. The maximum Gasteiger partial charge on any atom is 0.123 e. The Hall–Kier alpha value is -1.75. The van der Waals surface area contributed by atoms with Gasteiger partial charge in [-0.3, -0.25) is 4.90 Å². The highest BCUT2D eigenvalue weighted by Crippen LogP contribution is 2.44. The number of piperidine rings is 1. The molecule has 4 heteroatoms. The summed E-state index contributed by atoms with van der Waals surface area (Å²) in [5, 5.41) is 0. The minimum absolute atomic E-state index is 0.164. The Morgan fingerprint density at radius 1 is 1.08 bits per heavy atom. The van der Waals surface area contributed by atoms with E-state index in [9.17, 15) is 4.39 Å². The van der Waals surface area contributed by atoms with Gasteiger partial charge in [-0.25, -0.2) is 4.39 Å². The van der Waals surface area contributed by atoms with E-state index in [1.807, 2.05) is 13.0 Å². The highest BCUT2D eigenvalue weighted by Gasteiger charge is 2.42. The molecule has 0 saturated carbocycles. The van der Waals surface area contributed by atoms with Crippen molar-refractivity contribution >= 4 is 0 Å². The van der Waals surface area contributed by atoms with Crippen molar-refractivity contribution in [3.8, 4) is 0 Å². The predicted octanol–water partition coefficient (Wildman–Crippen LogP) is 4.38. The smallest absolute Gasteiger partial charge is 0.123 e. The standard InChI is InChI=1S/C22H26FNO2/c1-2-25-15-18-5-3-17(4-6-18)14-24-11-9-22(10-12-24)21-13-20(23)8-7-19(21)16-26-22/h3-8,13H,2,9-12,14-16H2,1H3. The van der Waals surface area contributed by atoms with Gasteiger partial charge in [-0.1, -0.05) is 30.3 Å². The molecule has 0 unspecified atom stereocenters. The van der Waals surface area contributed by atoms with E-state index < -0.39 is 0 Å². The van der Waals surface area contributed by atoms with E-state index in [4.69, 9.17) is 9.47 Å². The molecule has 0 aromatic heterocycles. The van der Waals surface area contributed by atoms with Crippen LogP contribution in [0.25, 0.3) is 0 Å². The first-order chi connectivity index (χ1) is 12.7. The molecule has 0 atom stereocenters. The summed E-state index contributed by atoms with van der Waals surface area (Å²) < 4.78 is 25.3. The van der Waals surface area contributed by atoms with Crippen molar-refractivity contribution in [2.45, 2.75) is 45.1 Å². The molecule has 0 radical (unpaired) electrons. The molecule has 0 amide bonds. The minimum atomic E-state index is -0.282. The highest BCUT2D eigenvalue weighted by atomic mass is 19.1. The second kappa shape index (κ2) is 7.47. The Balaban J connectivity index is 1.37. The summed E-state index contributed by atoms with van der Waals surface area (Å²) in [4.78, 5) is 2.46. The lowest BCUT2D eigenvalue weighted by atomic mass is 9.83. The number of benzene rings is 2. The van der Waals surface area contributed by atoms with Crippen LogP contribution in [0.1, 0.15) is 42.0 Å². The first-order valence-electron chi connectivity index (χ1n) is 9.49. The van der Waals surface area contributed by atoms with Gasteiger partial charge < -0.3 is 9.47 Å². The van der Waals surface area contributed by atoms with E-state index in [1.54, 1.807) is 6.07 Å². The van der Waals surface area contributed by atoms with Crippen LogP contribution in [0.5, 0.6) is 0 Å². The van der Waals surface area contributed by atoms with Gasteiger partial charge in [0, 0.05) is 26.2 Å². The van der Waals surface area contributed by atoms with Crippen LogP contribution < -0.4 is 0 Å². The first kappa shape index (κ1) is 17.7. The molecule has 2 aliphatic rings. The Morgan fingerprint density at radius 3 is 2.54 bits per heavy atom. The van der Waals surface area contributed by atoms with Gasteiger partial charge in [0.05, 0.1) is 18.8 Å². The molecule has 2 aromatic rings. The summed E-state index contributed by atoms with van der Waals surface area (Å²) >= 11 is 0. The fourth-order valence-electron chi connectivity index (χ4n) is 4.10. The molecule has 2 heterocycles. The van der Waals surface area contributed by atoms with Crippen molar-refractivity contribution in [2.24, 2.45) is 0 Å². The van der Waals surface area contributed by atoms with Crippen LogP contribution >= 0.6 is 0 Å². The predicted molar refractivity (Wildman–Crippen MR) is 99.2 cm³/mol. The van der Waals surface area contributed by atoms with E-state index in [0.29, 0.717) is 13.2 Å². The fraction of sp³-hybridized carbons (Fsp3) is 0.455. The third-order valence-corrected chi connectivity index (χ3v) is 5.63. The molecule has 2 aliphatic heterocycles. The van der Waals surface area contributed by atoms with Gasteiger partial charge >= 0.3 is 0 Å². The summed E-state index contributed by atoms with van der Waals surface area (Å²) in [6.45, 7) is 6.92. The third kappa shape index (κ3) is 3.54. The maximum absolute atomic E-state index is 13.7. The number of nitrogens with zero attached hydrogens (tertiary/aromatic N) is 1. The number of rotatable bonds is 5. The van der Waals surface area contributed by atoms with Crippen LogP contribution in [0, 0.1) is 5.82 Å². The molecule has 0 aliphatic carbocycles. The summed E-state index contributed by atoms with van der Waals surface area (Å²) in [5.41, 5.74) is 4.46. The Kier molecular flexibility index (Phi) is 5.07. The van der Waals surface area contributed by atoms with E-state index in [1.165, 1.54) is 17.2 Å². The fourth-order valence-corrected chi connectivity index (χ4v) is 4.10. The van der Waals surface area contributed by atoms with Crippen molar-refractivity contribution in [2.75, 3.05) is 19.7 Å². The van der Waals surface area contributed by atoms with Gasteiger partial charge in [-0.15, -0.1) is 0 Å². The second-order valence-corrected chi connectivity index (χ2v) is 7.31. The van der Waals surface area contributed by atoms with Crippen molar-refractivity contribution in [1.29, 1.82) is 0 Å². The van der Waals surface area contributed by atoms with Crippen molar-refractivity contribution in [3.63, 3.8) is 0 Å². The number of fused-ring (bicyclic) bond motifs is 2. The van der Waals surface area contributed by atoms with Gasteiger partial charge in [0.15, 0.2) is 0 Å². The van der Waals surface area contributed by atoms with Crippen LogP contribution in [0.3, 0.4) is 0 Å². The molecule has 1 fully saturated rings. The normalized spacial score (nSPS) is 19.0. The van der Waals surface area contributed by atoms with Gasteiger partial charge in [0.1, 0.15) is 5.82 Å². The SMILES string of the molecule is CCOCc1ccc(CN2CCC3(CC2)OCc2ccc(F)cc23)cc1.